The van der Waals surface area contributed by atoms with E-state index in [0.717, 1.165) is 29.9 Å². The molecule has 1 saturated heterocycles. The van der Waals surface area contributed by atoms with Crippen LogP contribution in [-0.2, 0) is 11.3 Å². The summed E-state index contributed by atoms with van der Waals surface area (Å²) < 4.78 is 7.57. The molecule has 4 heterocycles. The molecule has 0 unspecified atom stereocenters. The minimum absolute atomic E-state index is 0.0484. The lowest BCUT2D eigenvalue weighted by atomic mass is 10.1. The summed E-state index contributed by atoms with van der Waals surface area (Å²) in [6.45, 7) is 11.5. The van der Waals surface area contributed by atoms with Gasteiger partial charge in [0.05, 0.1) is 5.56 Å². The van der Waals surface area contributed by atoms with Crippen molar-refractivity contribution in [2.45, 2.75) is 65.6 Å². The quantitative estimate of drug-likeness (QED) is 0.660. The molecule has 170 valence electrons. The van der Waals surface area contributed by atoms with Crippen molar-refractivity contribution in [1.82, 2.24) is 34.4 Å². The number of ether oxygens (including phenoxy) is 1. The SMILES string of the molecule is CCn1c(-c2cnc(C)nc2)nc2c(N[C@H]3CCCN(C(=O)OC(C)(C)C)C3)ncnc21. The summed E-state index contributed by atoms with van der Waals surface area (Å²) in [5, 5.41) is 3.49. The minimum atomic E-state index is -0.515. The van der Waals surface area contributed by atoms with Gasteiger partial charge in [-0.1, -0.05) is 0 Å². The minimum Gasteiger partial charge on any atom is -0.444 e. The Morgan fingerprint density at radius 3 is 2.66 bits per heavy atom. The van der Waals surface area contributed by atoms with E-state index >= 15 is 0 Å². The molecule has 1 amide bonds. The van der Waals surface area contributed by atoms with Crippen LogP contribution in [0.15, 0.2) is 18.7 Å². The van der Waals surface area contributed by atoms with Crippen molar-refractivity contribution in [3.63, 3.8) is 0 Å². The summed E-state index contributed by atoms with van der Waals surface area (Å²) in [6, 6.07) is 0.0484. The lowest BCUT2D eigenvalue weighted by Gasteiger charge is -2.34. The van der Waals surface area contributed by atoms with Gasteiger partial charge in [-0.15, -0.1) is 0 Å². The Balaban J connectivity index is 1.59. The van der Waals surface area contributed by atoms with Crippen molar-refractivity contribution >= 4 is 23.1 Å². The molecule has 3 aromatic heterocycles. The highest BCUT2D eigenvalue weighted by Crippen LogP contribution is 2.27. The molecule has 1 aliphatic rings. The van der Waals surface area contributed by atoms with E-state index in [9.17, 15) is 4.79 Å². The molecule has 1 aliphatic heterocycles. The zero-order chi connectivity index (χ0) is 22.9. The van der Waals surface area contributed by atoms with Gasteiger partial charge in [0.1, 0.15) is 23.6 Å². The predicted molar refractivity (Wildman–Crippen MR) is 121 cm³/mol. The third-order valence-corrected chi connectivity index (χ3v) is 5.30. The second-order valence-electron chi connectivity index (χ2n) is 9.00. The number of anilines is 1. The highest BCUT2D eigenvalue weighted by atomic mass is 16.6. The van der Waals surface area contributed by atoms with Crippen LogP contribution in [0.4, 0.5) is 10.6 Å². The average molecular weight is 439 g/mol. The van der Waals surface area contributed by atoms with E-state index in [-0.39, 0.29) is 12.1 Å². The van der Waals surface area contributed by atoms with Crippen LogP contribution in [0.25, 0.3) is 22.6 Å². The fourth-order valence-corrected chi connectivity index (χ4v) is 3.85. The summed E-state index contributed by atoms with van der Waals surface area (Å²) >= 11 is 0. The zero-order valence-corrected chi connectivity index (χ0v) is 19.3. The fourth-order valence-electron chi connectivity index (χ4n) is 3.85. The molecule has 32 heavy (non-hydrogen) atoms. The van der Waals surface area contributed by atoms with Crippen molar-refractivity contribution in [1.29, 1.82) is 0 Å². The van der Waals surface area contributed by atoms with Gasteiger partial charge in [-0.25, -0.2) is 29.7 Å². The van der Waals surface area contributed by atoms with Crippen molar-refractivity contribution in [3.05, 3.63) is 24.5 Å². The van der Waals surface area contributed by atoms with Crippen LogP contribution < -0.4 is 5.32 Å². The van der Waals surface area contributed by atoms with Crippen LogP contribution >= 0.6 is 0 Å². The van der Waals surface area contributed by atoms with Crippen molar-refractivity contribution in [2.24, 2.45) is 0 Å². The van der Waals surface area contributed by atoms with E-state index in [1.165, 1.54) is 0 Å². The number of hydrogen-bond donors (Lipinski definition) is 1. The van der Waals surface area contributed by atoms with Crippen LogP contribution in [0.1, 0.15) is 46.4 Å². The molecule has 0 spiro atoms. The number of nitrogens with zero attached hydrogens (tertiary/aromatic N) is 7. The number of amides is 1. The maximum Gasteiger partial charge on any atom is 0.410 e. The van der Waals surface area contributed by atoms with Crippen LogP contribution in [0.3, 0.4) is 0 Å². The van der Waals surface area contributed by atoms with E-state index in [1.54, 1.807) is 23.6 Å². The fraction of sp³-hybridized carbons (Fsp3) is 0.545. The predicted octanol–water partition coefficient (Wildman–Crippen LogP) is 3.42. The smallest absolute Gasteiger partial charge is 0.410 e. The zero-order valence-electron chi connectivity index (χ0n) is 19.3. The molecule has 0 aromatic carbocycles. The lowest BCUT2D eigenvalue weighted by molar-refractivity contribution is 0.0206. The Morgan fingerprint density at radius 1 is 1.22 bits per heavy atom. The molecule has 10 nitrogen and oxygen atoms in total. The summed E-state index contributed by atoms with van der Waals surface area (Å²) in [4.78, 5) is 36.7. The van der Waals surface area contributed by atoms with Gasteiger partial charge in [-0.05, 0) is 47.5 Å². The second kappa shape index (κ2) is 8.68. The number of carbonyl (C=O) groups is 1. The van der Waals surface area contributed by atoms with Gasteiger partial charge in [-0.3, -0.25) is 0 Å². The first-order valence-corrected chi connectivity index (χ1v) is 11.0. The molecular formula is C22H30N8O2. The Bertz CT molecular complexity index is 1100. The van der Waals surface area contributed by atoms with E-state index in [1.807, 2.05) is 32.3 Å². The Hall–Kier alpha value is -3.30. The number of imidazole rings is 1. The largest absolute Gasteiger partial charge is 0.444 e. The number of rotatable bonds is 4. The third-order valence-electron chi connectivity index (χ3n) is 5.30. The molecule has 1 fully saturated rings. The van der Waals surface area contributed by atoms with Crippen molar-refractivity contribution < 1.29 is 9.53 Å². The van der Waals surface area contributed by atoms with Crippen molar-refractivity contribution in [2.75, 3.05) is 18.4 Å². The molecule has 0 aliphatic carbocycles. The van der Waals surface area contributed by atoms with Gasteiger partial charge in [0.2, 0.25) is 0 Å². The Labute approximate surface area is 187 Å². The molecule has 0 saturated carbocycles. The number of nitrogens with one attached hydrogen (secondary N) is 1. The molecular weight excluding hydrogens is 408 g/mol. The van der Waals surface area contributed by atoms with Crippen LogP contribution in [-0.4, -0.2) is 65.2 Å². The number of carbonyl (C=O) groups excluding carboxylic acids is 1. The van der Waals surface area contributed by atoms with Gasteiger partial charge >= 0.3 is 6.09 Å². The number of aryl methyl sites for hydroxylation is 2. The highest BCUT2D eigenvalue weighted by Gasteiger charge is 2.28. The summed E-state index contributed by atoms with van der Waals surface area (Å²) in [6.07, 6.45) is 6.63. The average Bonchev–Trinajstić information content (AvgIpc) is 3.13. The Morgan fingerprint density at radius 2 is 1.97 bits per heavy atom. The first-order valence-electron chi connectivity index (χ1n) is 11.0. The second-order valence-corrected chi connectivity index (χ2v) is 9.00. The molecule has 0 radical (unpaired) electrons. The van der Waals surface area contributed by atoms with Crippen molar-refractivity contribution in [3.8, 4) is 11.4 Å². The molecule has 1 N–H and O–H groups in total. The number of likely N-dealkylation sites (tertiary alicyclic amines) is 1. The highest BCUT2D eigenvalue weighted by molar-refractivity contribution is 5.86. The maximum absolute atomic E-state index is 12.5. The van der Waals surface area contributed by atoms with Gasteiger partial charge in [-0.2, -0.15) is 0 Å². The topological polar surface area (TPSA) is 111 Å². The summed E-state index contributed by atoms with van der Waals surface area (Å²) in [7, 11) is 0. The standard InChI is InChI=1S/C22H30N8O2/c1-6-30-19(15-10-23-14(2)24-11-15)28-17-18(25-13-26-20(17)30)27-16-8-7-9-29(12-16)21(31)32-22(3,4)5/h10-11,13,16H,6-9,12H2,1-5H3,(H,25,26,27)/t16-/m0/s1. The van der Waals surface area contributed by atoms with Gasteiger partial charge in [0.15, 0.2) is 17.0 Å². The molecule has 3 aromatic rings. The van der Waals surface area contributed by atoms with E-state index < -0.39 is 5.60 Å². The van der Waals surface area contributed by atoms with E-state index in [0.29, 0.717) is 36.8 Å². The first-order chi connectivity index (χ1) is 15.2. The van der Waals surface area contributed by atoms with Gasteiger partial charge in [0.25, 0.3) is 0 Å². The maximum atomic E-state index is 12.5. The van der Waals surface area contributed by atoms with Crippen LogP contribution in [0.2, 0.25) is 0 Å². The number of aromatic nitrogens is 6. The normalized spacial score (nSPS) is 16.9. The van der Waals surface area contributed by atoms with Crippen LogP contribution in [0.5, 0.6) is 0 Å². The monoisotopic (exact) mass is 438 g/mol. The molecule has 0 bridgehead atoms. The number of hydrogen-bond acceptors (Lipinski definition) is 8. The molecule has 1 atom stereocenters. The lowest BCUT2D eigenvalue weighted by Crippen LogP contribution is -2.47. The molecule has 4 rings (SSSR count). The van der Waals surface area contributed by atoms with E-state index in [4.69, 9.17) is 9.72 Å². The van der Waals surface area contributed by atoms with E-state index in [2.05, 4.69) is 32.2 Å². The van der Waals surface area contributed by atoms with Gasteiger partial charge < -0.3 is 19.5 Å². The Kier molecular flexibility index (Phi) is 5.94. The third kappa shape index (κ3) is 4.63. The number of fused-ring (bicyclic) bond motifs is 1. The summed E-state index contributed by atoms with van der Waals surface area (Å²) in [5.41, 5.74) is 1.76. The molecule has 10 heteroatoms. The summed E-state index contributed by atoms with van der Waals surface area (Å²) in [5.74, 6) is 2.12. The number of piperidine rings is 1. The van der Waals surface area contributed by atoms with Gasteiger partial charge in [0, 0.05) is 38.1 Å². The van der Waals surface area contributed by atoms with Crippen LogP contribution in [0, 0.1) is 6.92 Å². The first kappa shape index (κ1) is 21.9.